The molecule has 0 saturated carbocycles. The van der Waals surface area contributed by atoms with Gasteiger partial charge in [-0.3, -0.25) is 0 Å². The minimum Gasteiger partial charge on any atom is -0.319 e. The summed E-state index contributed by atoms with van der Waals surface area (Å²) < 4.78 is 13.9. The van der Waals surface area contributed by atoms with Gasteiger partial charge in [-0.05, 0) is 67.7 Å². The van der Waals surface area contributed by atoms with Gasteiger partial charge in [-0.1, -0.05) is 41.4 Å². The number of rotatable bonds is 6. The molecule has 4 heteroatoms. The summed E-state index contributed by atoms with van der Waals surface area (Å²) in [6.45, 7) is 0.814. The van der Waals surface area contributed by atoms with E-state index >= 15 is 0 Å². The average molecular weight is 326 g/mol. The van der Waals surface area contributed by atoms with E-state index in [2.05, 4.69) is 5.32 Å². The number of hydrogen-bond acceptors (Lipinski definition) is 1. The molecule has 0 aliphatic carbocycles. The first-order chi connectivity index (χ1) is 10.1. The van der Waals surface area contributed by atoms with Gasteiger partial charge in [0, 0.05) is 10.0 Å². The highest BCUT2D eigenvalue weighted by atomic mass is 35.5. The van der Waals surface area contributed by atoms with E-state index in [-0.39, 0.29) is 5.82 Å². The Morgan fingerprint density at radius 2 is 1.81 bits per heavy atom. The first kappa shape index (κ1) is 16.3. The van der Waals surface area contributed by atoms with Crippen molar-refractivity contribution in [3.05, 3.63) is 69.5 Å². The fourth-order valence-electron chi connectivity index (χ4n) is 2.50. The van der Waals surface area contributed by atoms with Gasteiger partial charge in [0.15, 0.2) is 0 Å². The van der Waals surface area contributed by atoms with Crippen molar-refractivity contribution in [1.29, 1.82) is 0 Å². The standard InChI is InChI=1S/C17H18Cl2FN/c1-21-11-13(7-12-3-2-4-15(18)9-12)8-14-5-6-16(19)10-17(14)20/h2-6,9-10,13,21H,7-8,11H2,1H3. The maximum absolute atomic E-state index is 13.9. The van der Waals surface area contributed by atoms with Crippen LogP contribution in [-0.2, 0) is 12.8 Å². The molecule has 1 N–H and O–H groups in total. The quantitative estimate of drug-likeness (QED) is 0.807. The molecule has 0 spiro atoms. The van der Waals surface area contributed by atoms with Crippen molar-refractivity contribution in [1.82, 2.24) is 5.32 Å². The molecule has 112 valence electrons. The second kappa shape index (κ2) is 7.79. The topological polar surface area (TPSA) is 12.0 Å². The van der Waals surface area contributed by atoms with E-state index in [0.717, 1.165) is 23.6 Å². The highest BCUT2D eigenvalue weighted by molar-refractivity contribution is 6.30. The molecule has 1 nitrogen and oxygen atoms in total. The second-order valence-electron chi connectivity index (χ2n) is 5.20. The fourth-order valence-corrected chi connectivity index (χ4v) is 2.87. The van der Waals surface area contributed by atoms with Gasteiger partial charge >= 0.3 is 0 Å². The van der Waals surface area contributed by atoms with Gasteiger partial charge in [0.1, 0.15) is 5.82 Å². The molecule has 0 aliphatic rings. The molecular weight excluding hydrogens is 308 g/mol. The molecule has 0 bridgehead atoms. The summed E-state index contributed by atoms with van der Waals surface area (Å²) in [5.41, 5.74) is 1.86. The van der Waals surface area contributed by atoms with Crippen molar-refractivity contribution in [3.8, 4) is 0 Å². The van der Waals surface area contributed by atoms with Crippen LogP contribution in [0.25, 0.3) is 0 Å². The molecule has 1 unspecified atom stereocenters. The van der Waals surface area contributed by atoms with Gasteiger partial charge in [-0.25, -0.2) is 4.39 Å². The Labute approximate surface area is 135 Å². The molecule has 0 heterocycles. The van der Waals surface area contributed by atoms with Gasteiger partial charge in [0.2, 0.25) is 0 Å². The maximum atomic E-state index is 13.9. The first-order valence-electron chi connectivity index (χ1n) is 6.91. The third-order valence-electron chi connectivity index (χ3n) is 3.43. The van der Waals surface area contributed by atoms with E-state index in [0.29, 0.717) is 22.9 Å². The van der Waals surface area contributed by atoms with Crippen molar-refractivity contribution < 1.29 is 4.39 Å². The minimum absolute atomic E-state index is 0.241. The molecule has 0 fully saturated rings. The zero-order valence-electron chi connectivity index (χ0n) is 11.9. The van der Waals surface area contributed by atoms with Crippen LogP contribution in [0, 0.1) is 11.7 Å². The Hall–Kier alpha value is -1.09. The predicted molar refractivity (Wildman–Crippen MR) is 87.7 cm³/mol. The summed E-state index contributed by atoms with van der Waals surface area (Å²) in [5, 5.41) is 4.33. The maximum Gasteiger partial charge on any atom is 0.127 e. The van der Waals surface area contributed by atoms with Crippen molar-refractivity contribution in [2.24, 2.45) is 5.92 Å². The van der Waals surface area contributed by atoms with Gasteiger partial charge in [-0.15, -0.1) is 0 Å². The summed E-state index contributed by atoms with van der Waals surface area (Å²) in [5.74, 6) is 0.0545. The van der Waals surface area contributed by atoms with E-state index in [1.54, 1.807) is 12.1 Å². The van der Waals surface area contributed by atoms with E-state index in [1.165, 1.54) is 6.07 Å². The predicted octanol–water partition coefficient (Wildman–Crippen LogP) is 4.75. The van der Waals surface area contributed by atoms with Crippen LogP contribution in [0.5, 0.6) is 0 Å². The number of benzene rings is 2. The Kier molecular flexibility index (Phi) is 6.04. The third-order valence-corrected chi connectivity index (χ3v) is 3.90. The lowest BCUT2D eigenvalue weighted by Crippen LogP contribution is -2.23. The van der Waals surface area contributed by atoms with E-state index in [1.807, 2.05) is 31.3 Å². The van der Waals surface area contributed by atoms with Gasteiger partial charge in [0.25, 0.3) is 0 Å². The Bertz CT molecular complexity index is 601. The average Bonchev–Trinajstić information content (AvgIpc) is 2.42. The zero-order chi connectivity index (χ0) is 15.2. The Morgan fingerprint density at radius 3 is 2.48 bits per heavy atom. The summed E-state index contributed by atoms with van der Waals surface area (Å²) in [4.78, 5) is 0. The van der Waals surface area contributed by atoms with Crippen LogP contribution in [0.1, 0.15) is 11.1 Å². The minimum atomic E-state index is -0.241. The molecule has 2 rings (SSSR count). The molecule has 0 aliphatic heterocycles. The van der Waals surface area contributed by atoms with Crippen LogP contribution < -0.4 is 5.32 Å². The van der Waals surface area contributed by atoms with E-state index in [9.17, 15) is 4.39 Å². The third kappa shape index (κ3) is 4.99. The smallest absolute Gasteiger partial charge is 0.127 e. The molecule has 0 aromatic heterocycles. The van der Waals surface area contributed by atoms with Crippen LogP contribution in [-0.4, -0.2) is 13.6 Å². The van der Waals surface area contributed by atoms with Crippen LogP contribution >= 0.6 is 23.2 Å². The lowest BCUT2D eigenvalue weighted by molar-refractivity contribution is 0.480. The normalized spacial score (nSPS) is 12.4. The Morgan fingerprint density at radius 1 is 1.05 bits per heavy atom. The highest BCUT2D eigenvalue weighted by Gasteiger charge is 2.13. The van der Waals surface area contributed by atoms with Crippen molar-refractivity contribution >= 4 is 23.2 Å². The van der Waals surface area contributed by atoms with Crippen molar-refractivity contribution in [2.75, 3.05) is 13.6 Å². The SMILES string of the molecule is CNCC(Cc1cccc(Cl)c1)Cc1ccc(Cl)cc1F. The molecule has 1 atom stereocenters. The Balaban J connectivity index is 2.11. The largest absolute Gasteiger partial charge is 0.319 e. The van der Waals surface area contributed by atoms with E-state index < -0.39 is 0 Å². The van der Waals surface area contributed by atoms with Gasteiger partial charge < -0.3 is 5.32 Å². The second-order valence-corrected chi connectivity index (χ2v) is 6.07. The van der Waals surface area contributed by atoms with Crippen LogP contribution in [0.15, 0.2) is 42.5 Å². The van der Waals surface area contributed by atoms with Gasteiger partial charge in [-0.2, -0.15) is 0 Å². The summed E-state index contributed by atoms with van der Waals surface area (Å²) in [6.07, 6.45) is 1.51. The first-order valence-corrected chi connectivity index (χ1v) is 7.67. The lowest BCUT2D eigenvalue weighted by Gasteiger charge is -2.17. The highest BCUT2D eigenvalue weighted by Crippen LogP contribution is 2.21. The van der Waals surface area contributed by atoms with Crippen molar-refractivity contribution in [2.45, 2.75) is 12.8 Å². The fraction of sp³-hybridized carbons (Fsp3) is 0.294. The van der Waals surface area contributed by atoms with E-state index in [4.69, 9.17) is 23.2 Å². The number of halogens is 3. The zero-order valence-corrected chi connectivity index (χ0v) is 13.4. The molecule has 0 radical (unpaired) electrons. The molecule has 0 saturated heterocycles. The van der Waals surface area contributed by atoms with Crippen LogP contribution in [0.2, 0.25) is 10.0 Å². The molecule has 2 aromatic carbocycles. The number of hydrogen-bond donors (Lipinski definition) is 1. The molecule has 21 heavy (non-hydrogen) atoms. The summed E-state index contributed by atoms with van der Waals surface area (Å²) in [7, 11) is 1.91. The van der Waals surface area contributed by atoms with Gasteiger partial charge in [0.05, 0.1) is 0 Å². The molecular formula is C17H18Cl2FN. The molecule has 0 amide bonds. The van der Waals surface area contributed by atoms with Crippen LogP contribution in [0.3, 0.4) is 0 Å². The molecule has 2 aromatic rings. The van der Waals surface area contributed by atoms with Crippen LogP contribution in [0.4, 0.5) is 4.39 Å². The van der Waals surface area contributed by atoms with Crippen molar-refractivity contribution in [3.63, 3.8) is 0 Å². The monoisotopic (exact) mass is 325 g/mol. The number of nitrogens with one attached hydrogen (secondary N) is 1. The lowest BCUT2D eigenvalue weighted by atomic mass is 9.92. The summed E-state index contributed by atoms with van der Waals surface area (Å²) in [6, 6.07) is 12.7. The summed E-state index contributed by atoms with van der Waals surface area (Å²) >= 11 is 11.8.